The molecule has 120 valence electrons. The molecule has 0 aliphatic carbocycles. The van der Waals surface area contributed by atoms with Gasteiger partial charge in [0.15, 0.2) is 0 Å². The molecule has 5 heteroatoms. The number of halogens is 2. The molecule has 1 saturated heterocycles. The molecule has 0 aromatic carbocycles. The quantitative estimate of drug-likeness (QED) is 0.756. The molecular weight excluding hydrogens is 262 g/mol. The summed E-state index contributed by atoms with van der Waals surface area (Å²) >= 11 is 0. The molecule has 0 radical (unpaired) electrons. The van der Waals surface area contributed by atoms with E-state index in [0.717, 1.165) is 25.9 Å². The van der Waals surface area contributed by atoms with Crippen LogP contribution in [0.5, 0.6) is 0 Å². The van der Waals surface area contributed by atoms with Crippen molar-refractivity contribution in [1.29, 1.82) is 0 Å². The Kier molecular flexibility index (Phi) is 7.34. The first-order chi connectivity index (χ1) is 9.29. The minimum atomic E-state index is -2.30. The van der Waals surface area contributed by atoms with E-state index in [-0.39, 0.29) is 24.6 Å². The van der Waals surface area contributed by atoms with Crippen LogP contribution in [0.1, 0.15) is 40.5 Å². The van der Waals surface area contributed by atoms with Gasteiger partial charge < -0.3 is 10.4 Å². The molecule has 3 atom stereocenters. The van der Waals surface area contributed by atoms with E-state index in [1.165, 1.54) is 0 Å². The molecule has 1 heterocycles. The molecule has 1 rings (SSSR count). The monoisotopic (exact) mass is 292 g/mol. The number of rotatable bonds is 7. The number of hydrogen-bond donors (Lipinski definition) is 2. The van der Waals surface area contributed by atoms with E-state index in [9.17, 15) is 13.9 Å². The maximum absolute atomic E-state index is 12.3. The zero-order valence-corrected chi connectivity index (χ0v) is 13.1. The average molecular weight is 292 g/mol. The molecule has 0 spiro atoms. The van der Waals surface area contributed by atoms with Gasteiger partial charge in [-0.15, -0.1) is 0 Å². The number of aliphatic hydroxyl groups excluding tert-OH is 1. The summed E-state index contributed by atoms with van der Waals surface area (Å²) in [6, 6.07) is 0.509. The summed E-state index contributed by atoms with van der Waals surface area (Å²) in [6.45, 7) is 9.82. The minimum absolute atomic E-state index is 0.101. The molecule has 2 N–H and O–H groups in total. The summed E-state index contributed by atoms with van der Waals surface area (Å²) in [4.78, 5) is 2.32. The second-order valence-corrected chi connectivity index (χ2v) is 6.69. The van der Waals surface area contributed by atoms with Gasteiger partial charge in [0.25, 0.3) is 6.43 Å². The zero-order chi connectivity index (χ0) is 15.3. The molecule has 0 amide bonds. The topological polar surface area (TPSA) is 35.5 Å². The van der Waals surface area contributed by atoms with Crippen molar-refractivity contribution in [2.75, 3.05) is 19.6 Å². The number of likely N-dealkylation sites (tertiary alicyclic amines) is 1. The van der Waals surface area contributed by atoms with Gasteiger partial charge in [-0.3, -0.25) is 4.90 Å². The molecular formula is C15H30F2N2O. The van der Waals surface area contributed by atoms with Crippen LogP contribution >= 0.6 is 0 Å². The van der Waals surface area contributed by atoms with Crippen molar-refractivity contribution in [3.63, 3.8) is 0 Å². The Balaban J connectivity index is 2.56. The van der Waals surface area contributed by atoms with Gasteiger partial charge in [-0.2, -0.15) is 0 Å². The van der Waals surface area contributed by atoms with Crippen molar-refractivity contribution in [2.24, 2.45) is 11.8 Å². The Labute approximate surface area is 121 Å². The van der Waals surface area contributed by atoms with Crippen molar-refractivity contribution < 1.29 is 13.9 Å². The lowest BCUT2D eigenvalue weighted by molar-refractivity contribution is 0.0476. The predicted molar refractivity (Wildman–Crippen MR) is 78.1 cm³/mol. The van der Waals surface area contributed by atoms with Crippen molar-refractivity contribution in [1.82, 2.24) is 10.2 Å². The Morgan fingerprint density at radius 1 is 1.20 bits per heavy atom. The minimum Gasteiger partial charge on any atom is -0.393 e. The van der Waals surface area contributed by atoms with Crippen LogP contribution in [0.2, 0.25) is 0 Å². The summed E-state index contributed by atoms with van der Waals surface area (Å²) in [6.07, 6.45) is -0.972. The zero-order valence-electron chi connectivity index (χ0n) is 13.1. The fourth-order valence-corrected chi connectivity index (χ4v) is 2.85. The second kappa shape index (κ2) is 8.25. The van der Waals surface area contributed by atoms with Gasteiger partial charge in [0.2, 0.25) is 0 Å². The highest BCUT2D eigenvalue weighted by Crippen LogP contribution is 2.25. The molecule has 1 aliphatic heterocycles. The van der Waals surface area contributed by atoms with E-state index in [1.807, 2.05) is 13.8 Å². The predicted octanol–water partition coefficient (Wildman–Crippen LogP) is 2.35. The largest absolute Gasteiger partial charge is 0.393 e. The van der Waals surface area contributed by atoms with Gasteiger partial charge in [-0.1, -0.05) is 13.8 Å². The summed E-state index contributed by atoms with van der Waals surface area (Å²) in [5.41, 5.74) is 0. The third-order valence-electron chi connectivity index (χ3n) is 4.20. The average Bonchev–Trinajstić information content (AvgIpc) is 2.35. The van der Waals surface area contributed by atoms with Gasteiger partial charge in [0.1, 0.15) is 0 Å². The van der Waals surface area contributed by atoms with E-state index in [0.29, 0.717) is 12.0 Å². The molecule has 0 bridgehead atoms. The summed E-state index contributed by atoms with van der Waals surface area (Å²) in [7, 11) is 0. The smallest absolute Gasteiger partial charge is 0.250 e. The van der Waals surface area contributed by atoms with Gasteiger partial charge in [0.05, 0.1) is 12.6 Å². The van der Waals surface area contributed by atoms with Crippen molar-refractivity contribution in [3.8, 4) is 0 Å². The van der Waals surface area contributed by atoms with Crippen molar-refractivity contribution in [2.45, 2.75) is 65.1 Å². The fourth-order valence-electron chi connectivity index (χ4n) is 2.85. The lowest BCUT2D eigenvalue weighted by Crippen LogP contribution is -2.52. The molecule has 20 heavy (non-hydrogen) atoms. The molecule has 0 saturated carbocycles. The highest BCUT2D eigenvalue weighted by Gasteiger charge is 2.30. The van der Waals surface area contributed by atoms with Crippen LogP contribution in [0.4, 0.5) is 8.78 Å². The lowest BCUT2D eigenvalue weighted by atomic mass is 9.86. The molecule has 1 aliphatic rings. The Morgan fingerprint density at radius 3 is 2.35 bits per heavy atom. The number of alkyl halides is 2. The lowest BCUT2D eigenvalue weighted by Gasteiger charge is -2.41. The van der Waals surface area contributed by atoms with E-state index in [1.54, 1.807) is 0 Å². The van der Waals surface area contributed by atoms with Crippen LogP contribution in [0, 0.1) is 11.8 Å². The Hall–Kier alpha value is -0.260. The van der Waals surface area contributed by atoms with E-state index in [4.69, 9.17) is 0 Å². The van der Waals surface area contributed by atoms with Crippen LogP contribution in [0.25, 0.3) is 0 Å². The van der Waals surface area contributed by atoms with Gasteiger partial charge in [-0.05, 0) is 38.5 Å². The molecule has 0 aromatic rings. The van der Waals surface area contributed by atoms with Crippen LogP contribution < -0.4 is 5.32 Å². The van der Waals surface area contributed by atoms with Gasteiger partial charge >= 0.3 is 0 Å². The van der Waals surface area contributed by atoms with Crippen molar-refractivity contribution >= 4 is 0 Å². The van der Waals surface area contributed by atoms with Crippen LogP contribution in [-0.2, 0) is 0 Å². The van der Waals surface area contributed by atoms with Crippen LogP contribution in [0.15, 0.2) is 0 Å². The SMILES string of the molecule is CC(C)C(O)CC1CC(NCC(F)F)CN(C(C)C)C1. The van der Waals surface area contributed by atoms with Gasteiger partial charge in [-0.25, -0.2) is 8.78 Å². The maximum Gasteiger partial charge on any atom is 0.250 e. The third kappa shape index (κ3) is 6.02. The van der Waals surface area contributed by atoms with Crippen molar-refractivity contribution in [3.05, 3.63) is 0 Å². The highest BCUT2D eigenvalue weighted by molar-refractivity contribution is 4.86. The van der Waals surface area contributed by atoms with Crippen LogP contribution in [0.3, 0.4) is 0 Å². The summed E-state index contributed by atoms with van der Waals surface area (Å²) < 4.78 is 24.7. The number of piperidine rings is 1. The summed E-state index contributed by atoms with van der Waals surface area (Å²) in [5, 5.41) is 13.0. The number of nitrogens with one attached hydrogen (secondary N) is 1. The van der Waals surface area contributed by atoms with E-state index in [2.05, 4.69) is 24.1 Å². The van der Waals surface area contributed by atoms with Crippen LogP contribution in [-0.4, -0.2) is 54.3 Å². The normalized spacial score (nSPS) is 26.7. The highest BCUT2D eigenvalue weighted by atomic mass is 19.3. The first-order valence-corrected chi connectivity index (χ1v) is 7.73. The second-order valence-electron chi connectivity index (χ2n) is 6.69. The van der Waals surface area contributed by atoms with E-state index >= 15 is 0 Å². The number of hydrogen-bond acceptors (Lipinski definition) is 3. The molecule has 0 aromatic heterocycles. The Morgan fingerprint density at radius 2 is 1.85 bits per heavy atom. The standard InChI is InChI=1S/C15H30F2N2O/c1-10(2)14(20)6-12-5-13(18-7-15(16)17)9-19(8-12)11(3)4/h10-15,18,20H,5-9H2,1-4H3. The third-order valence-corrected chi connectivity index (χ3v) is 4.20. The molecule has 3 nitrogen and oxygen atoms in total. The molecule has 1 fully saturated rings. The first kappa shape index (κ1) is 17.8. The fraction of sp³-hybridized carbons (Fsp3) is 1.00. The maximum atomic E-state index is 12.3. The van der Waals surface area contributed by atoms with E-state index < -0.39 is 6.43 Å². The number of aliphatic hydroxyl groups is 1. The molecule has 3 unspecified atom stereocenters. The Bertz CT molecular complexity index is 273. The van der Waals surface area contributed by atoms with Gasteiger partial charge in [0, 0.05) is 25.2 Å². The number of nitrogens with zero attached hydrogens (tertiary/aromatic N) is 1. The first-order valence-electron chi connectivity index (χ1n) is 7.73. The summed E-state index contributed by atoms with van der Waals surface area (Å²) in [5.74, 6) is 0.621.